The quantitative estimate of drug-likeness (QED) is 0.644. The fourth-order valence-corrected chi connectivity index (χ4v) is 4.29. The van der Waals surface area contributed by atoms with Crippen molar-refractivity contribution in [3.8, 4) is 0 Å². The van der Waals surface area contributed by atoms with Gasteiger partial charge in [-0.1, -0.05) is 26.7 Å². The lowest BCUT2D eigenvalue weighted by molar-refractivity contribution is 0.600. The molecule has 0 heterocycles. The first-order valence-corrected chi connectivity index (χ1v) is 9.39. The molecule has 5 heteroatoms. The minimum Gasteiger partial charge on any atom is -0.259 e. The van der Waals surface area contributed by atoms with Crippen molar-refractivity contribution in [3.63, 3.8) is 0 Å². The van der Waals surface area contributed by atoms with Gasteiger partial charge in [-0.05, 0) is 19.3 Å². The average Bonchev–Trinajstić information content (AvgIpc) is 2.15. The van der Waals surface area contributed by atoms with Gasteiger partial charge in [0.2, 0.25) is 0 Å². The summed E-state index contributed by atoms with van der Waals surface area (Å²) in [5.41, 5.74) is 0. The Morgan fingerprint density at radius 3 is 2.00 bits per heavy atom. The highest BCUT2D eigenvalue weighted by atomic mass is 32.2. The van der Waals surface area contributed by atoms with Crippen LogP contribution in [0.4, 0.5) is 0 Å². The lowest BCUT2D eigenvalue weighted by atomic mass is 10.2. The van der Waals surface area contributed by atoms with Crippen molar-refractivity contribution in [2.24, 2.45) is 0 Å². The molecule has 0 aliphatic carbocycles. The first kappa shape index (κ1) is 16.1. The Balaban J connectivity index is 4.00. The molecule has 0 aromatic heterocycles. The highest BCUT2D eigenvalue weighted by molar-refractivity contribution is 7.90. The maximum Gasteiger partial charge on any atom is 0.147 e. The summed E-state index contributed by atoms with van der Waals surface area (Å²) in [6.45, 7) is 4.19. The molecule has 0 aromatic carbocycles. The van der Waals surface area contributed by atoms with Crippen LogP contribution >= 0.6 is 0 Å². The smallest absolute Gasteiger partial charge is 0.147 e. The van der Waals surface area contributed by atoms with E-state index in [1.54, 1.807) is 0 Å². The normalized spacial score (nSPS) is 14.2. The van der Waals surface area contributed by atoms with Crippen LogP contribution in [-0.4, -0.2) is 35.6 Å². The van der Waals surface area contributed by atoms with Crippen molar-refractivity contribution in [1.29, 1.82) is 0 Å². The van der Waals surface area contributed by atoms with Gasteiger partial charge in [-0.15, -0.1) is 0 Å². The molecule has 0 amide bonds. The van der Waals surface area contributed by atoms with E-state index < -0.39 is 20.6 Å². The minimum absolute atomic E-state index is 0.156. The molecule has 0 saturated heterocycles. The predicted octanol–water partition coefficient (Wildman–Crippen LogP) is 2.14. The van der Waals surface area contributed by atoms with Gasteiger partial charge in [0.1, 0.15) is 9.84 Å². The molecule has 0 rings (SSSR count). The van der Waals surface area contributed by atoms with E-state index in [0.717, 1.165) is 25.7 Å². The van der Waals surface area contributed by atoms with Crippen LogP contribution in [0.3, 0.4) is 0 Å². The van der Waals surface area contributed by atoms with Gasteiger partial charge in [0.25, 0.3) is 0 Å². The second kappa shape index (κ2) is 8.23. The summed E-state index contributed by atoms with van der Waals surface area (Å²) in [4.78, 5) is 0. The number of hydrogen-bond acceptors (Lipinski definition) is 3. The predicted molar refractivity (Wildman–Crippen MR) is 70.9 cm³/mol. The van der Waals surface area contributed by atoms with Gasteiger partial charge in [-0.25, -0.2) is 8.42 Å². The third kappa shape index (κ3) is 8.28. The van der Waals surface area contributed by atoms with Crippen molar-refractivity contribution in [1.82, 2.24) is 0 Å². The Kier molecular flexibility index (Phi) is 8.28. The summed E-state index contributed by atoms with van der Waals surface area (Å²) in [5, 5.41) is 0.259. The molecule has 1 atom stereocenters. The van der Waals surface area contributed by atoms with Crippen LogP contribution in [0, 0.1) is 0 Å². The van der Waals surface area contributed by atoms with Crippen molar-refractivity contribution in [2.75, 3.05) is 17.8 Å². The molecule has 0 fully saturated rings. The first-order valence-electron chi connectivity index (χ1n) is 5.95. The molecule has 1 unspecified atom stereocenters. The summed E-state index contributed by atoms with van der Waals surface area (Å²) in [7, 11) is -3.76. The van der Waals surface area contributed by atoms with E-state index in [-0.39, 0.29) is 11.0 Å². The van der Waals surface area contributed by atoms with Gasteiger partial charge < -0.3 is 0 Å². The molecule has 0 radical (unpaired) electrons. The maximum atomic E-state index is 11.9. The second-order valence-corrected chi connectivity index (χ2v) is 8.36. The van der Waals surface area contributed by atoms with Crippen molar-refractivity contribution in [2.45, 2.75) is 51.2 Å². The van der Waals surface area contributed by atoms with Gasteiger partial charge in [0.15, 0.2) is 0 Å². The molecule has 16 heavy (non-hydrogen) atoms. The Bertz CT molecular complexity index is 290. The summed E-state index contributed by atoms with van der Waals surface area (Å²) >= 11 is 0. The third-order valence-electron chi connectivity index (χ3n) is 2.45. The summed E-state index contributed by atoms with van der Waals surface area (Å²) < 4.78 is 33.8. The summed E-state index contributed by atoms with van der Waals surface area (Å²) in [6, 6.07) is 0. The standard InChI is InChI=1S/C11H24O3S2/c1-4-7-11(8-5-2)15(12)9-6-10-16(3,13)14/h11H,4-10H2,1-3H3. The Morgan fingerprint density at radius 2 is 1.62 bits per heavy atom. The van der Waals surface area contributed by atoms with E-state index >= 15 is 0 Å². The fourth-order valence-electron chi connectivity index (χ4n) is 1.68. The van der Waals surface area contributed by atoms with Gasteiger partial charge >= 0.3 is 0 Å². The number of hydrogen-bond donors (Lipinski definition) is 0. The maximum absolute atomic E-state index is 11.9. The van der Waals surface area contributed by atoms with Gasteiger partial charge in [-0.3, -0.25) is 4.21 Å². The second-order valence-electron chi connectivity index (χ2n) is 4.27. The van der Waals surface area contributed by atoms with Crippen LogP contribution < -0.4 is 0 Å². The highest BCUT2D eigenvalue weighted by Gasteiger charge is 2.15. The molecular weight excluding hydrogens is 244 g/mol. The van der Waals surface area contributed by atoms with Crippen LogP contribution in [0.2, 0.25) is 0 Å². The van der Waals surface area contributed by atoms with E-state index in [0.29, 0.717) is 12.2 Å². The van der Waals surface area contributed by atoms with Crippen LogP contribution in [0.5, 0.6) is 0 Å². The largest absolute Gasteiger partial charge is 0.259 e. The minimum atomic E-state index is -2.90. The van der Waals surface area contributed by atoms with E-state index in [9.17, 15) is 12.6 Å². The molecule has 98 valence electrons. The molecule has 0 bridgehead atoms. The summed E-state index contributed by atoms with van der Waals surface area (Å²) in [6.07, 6.45) is 5.81. The van der Waals surface area contributed by atoms with Crippen LogP contribution in [0.15, 0.2) is 0 Å². The zero-order chi connectivity index (χ0) is 12.6. The van der Waals surface area contributed by atoms with E-state index in [1.807, 2.05) is 0 Å². The van der Waals surface area contributed by atoms with Gasteiger partial charge in [0.05, 0.1) is 5.75 Å². The Labute approximate surface area is 102 Å². The zero-order valence-corrected chi connectivity index (χ0v) is 12.2. The average molecular weight is 268 g/mol. The van der Waals surface area contributed by atoms with Crippen molar-refractivity contribution < 1.29 is 12.6 Å². The first-order chi connectivity index (χ1) is 7.40. The monoisotopic (exact) mass is 268 g/mol. The molecule has 0 spiro atoms. The molecular formula is C11H24O3S2. The topological polar surface area (TPSA) is 51.2 Å². The van der Waals surface area contributed by atoms with Crippen molar-refractivity contribution >= 4 is 20.6 Å². The molecule has 0 N–H and O–H groups in total. The lowest BCUT2D eigenvalue weighted by Gasteiger charge is -2.14. The van der Waals surface area contributed by atoms with Crippen molar-refractivity contribution in [3.05, 3.63) is 0 Å². The third-order valence-corrected chi connectivity index (χ3v) is 5.39. The van der Waals surface area contributed by atoms with Gasteiger partial charge in [0, 0.05) is 28.1 Å². The SMILES string of the molecule is CCCC(CCC)S(=O)CCCS(C)(=O)=O. The lowest BCUT2D eigenvalue weighted by Crippen LogP contribution is -2.19. The van der Waals surface area contributed by atoms with E-state index in [1.165, 1.54) is 6.26 Å². The van der Waals surface area contributed by atoms with Crippen LogP contribution in [0.25, 0.3) is 0 Å². The summed E-state index contributed by atoms with van der Waals surface area (Å²) in [5.74, 6) is 0.682. The number of rotatable bonds is 9. The molecule has 0 aliphatic heterocycles. The van der Waals surface area contributed by atoms with E-state index in [4.69, 9.17) is 0 Å². The fraction of sp³-hybridized carbons (Fsp3) is 1.00. The molecule has 0 aromatic rings. The van der Waals surface area contributed by atoms with Crippen LogP contribution in [-0.2, 0) is 20.6 Å². The Hall–Kier alpha value is 0.1000. The highest BCUT2D eigenvalue weighted by Crippen LogP contribution is 2.13. The molecule has 3 nitrogen and oxygen atoms in total. The zero-order valence-electron chi connectivity index (χ0n) is 10.6. The Morgan fingerprint density at radius 1 is 1.12 bits per heavy atom. The van der Waals surface area contributed by atoms with Crippen LogP contribution in [0.1, 0.15) is 46.0 Å². The number of sulfone groups is 1. The van der Waals surface area contributed by atoms with Gasteiger partial charge in [-0.2, -0.15) is 0 Å². The molecule has 0 aliphatic rings. The van der Waals surface area contributed by atoms with E-state index in [2.05, 4.69) is 13.8 Å². The molecule has 0 saturated carbocycles.